The van der Waals surface area contributed by atoms with Gasteiger partial charge in [-0.15, -0.1) is 0 Å². The summed E-state index contributed by atoms with van der Waals surface area (Å²) in [6.07, 6.45) is 3.71. The van der Waals surface area contributed by atoms with Gasteiger partial charge in [-0.05, 0) is 102 Å². The molecule has 1 aliphatic carbocycles. The number of pyridine rings is 2. The second-order valence-corrected chi connectivity index (χ2v) is 15.8. The molecule has 1 aliphatic rings. The van der Waals surface area contributed by atoms with Crippen molar-refractivity contribution >= 4 is 27.7 Å². The fourth-order valence-corrected chi connectivity index (χ4v) is 6.74. The number of carbonyl (C=O) groups is 2. The molecule has 1 saturated carbocycles. The molecule has 1 aromatic carbocycles. The number of nitrogens with zero attached hydrogens (tertiary/aromatic N) is 3. The van der Waals surface area contributed by atoms with E-state index in [0.717, 1.165) is 24.2 Å². The monoisotopic (exact) mass is 636 g/mol. The maximum atomic E-state index is 14.3. The minimum absolute atomic E-state index is 0.0207. The molecule has 10 nitrogen and oxygen atoms in total. The summed E-state index contributed by atoms with van der Waals surface area (Å²) in [6, 6.07) is 17.0. The van der Waals surface area contributed by atoms with Crippen LogP contribution >= 0.6 is 0 Å². The summed E-state index contributed by atoms with van der Waals surface area (Å²) in [5, 5.41) is -0.211. The van der Waals surface area contributed by atoms with Gasteiger partial charge in [0.25, 0.3) is 0 Å². The number of hydrogen-bond acceptors (Lipinski definition) is 9. The molecule has 2 heterocycles. The van der Waals surface area contributed by atoms with Gasteiger partial charge in [-0.2, -0.15) is 0 Å². The molecule has 1 atom stereocenters. The molecule has 45 heavy (non-hydrogen) atoms. The zero-order valence-corrected chi connectivity index (χ0v) is 28.0. The zero-order chi connectivity index (χ0) is 33.3. The molecule has 1 amide bonds. The Morgan fingerprint density at radius 1 is 0.911 bits per heavy atom. The molecule has 0 bridgehead atoms. The smallest absolute Gasteiger partial charge is 0.416 e. The van der Waals surface area contributed by atoms with Crippen LogP contribution in [0.25, 0.3) is 0 Å². The SMILES string of the molecule is CCC1(c2ccc(CC(N)(c3cccc(N(CC(=O)OC(C)(C)C)C(=O)OC(C)(C)C)n3)S(=O)(=O)c3ccccn3)cc2)CC1. The van der Waals surface area contributed by atoms with Gasteiger partial charge in [0.15, 0.2) is 9.90 Å². The third-order valence-electron chi connectivity index (χ3n) is 7.72. The van der Waals surface area contributed by atoms with E-state index < -0.39 is 44.5 Å². The predicted molar refractivity (Wildman–Crippen MR) is 172 cm³/mol. The number of nitrogens with two attached hydrogens (primary N) is 1. The van der Waals surface area contributed by atoms with Crippen LogP contribution in [-0.2, 0) is 40.8 Å². The molecule has 2 aromatic heterocycles. The number of ether oxygens (including phenoxy) is 2. The Morgan fingerprint density at radius 2 is 1.56 bits per heavy atom. The van der Waals surface area contributed by atoms with E-state index in [0.29, 0.717) is 5.56 Å². The average molecular weight is 637 g/mol. The van der Waals surface area contributed by atoms with Crippen molar-refractivity contribution in [2.24, 2.45) is 5.73 Å². The molecule has 1 fully saturated rings. The van der Waals surface area contributed by atoms with Crippen LogP contribution in [0.4, 0.5) is 10.6 Å². The van der Waals surface area contributed by atoms with Gasteiger partial charge in [0.05, 0.1) is 5.69 Å². The van der Waals surface area contributed by atoms with E-state index in [4.69, 9.17) is 15.2 Å². The summed E-state index contributed by atoms with van der Waals surface area (Å²) in [4.78, 5) is 33.9. The van der Waals surface area contributed by atoms with E-state index >= 15 is 0 Å². The van der Waals surface area contributed by atoms with Gasteiger partial charge in [0.2, 0.25) is 9.84 Å². The van der Waals surface area contributed by atoms with Crippen molar-refractivity contribution in [1.29, 1.82) is 0 Å². The molecule has 2 N–H and O–H groups in total. The van der Waals surface area contributed by atoms with Crippen molar-refractivity contribution in [1.82, 2.24) is 9.97 Å². The van der Waals surface area contributed by atoms with Crippen LogP contribution in [0.1, 0.15) is 84.5 Å². The second-order valence-electron chi connectivity index (χ2n) is 13.6. The molecule has 0 radical (unpaired) electrons. The number of sulfone groups is 1. The van der Waals surface area contributed by atoms with Crippen LogP contribution in [0, 0.1) is 0 Å². The Kier molecular flexibility index (Phi) is 9.47. The lowest BCUT2D eigenvalue weighted by Crippen LogP contribution is -2.48. The zero-order valence-electron chi connectivity index (χ0n) is 27.2. The van der Waals surface area contributed by atoms with Gasteiger partial charge >= 0.3 is 12.1 Å². The predicted octanol–water partition coefficient (Wildman–Crippen LogP) is 5.83. The molecule has 11 heteroatoms. The highest BCUT2D eigenvalue weighted by atomic mass is 32.2. The van der Waals surface area contributed by atoms with Crippen LogP contribution in [0.2, 0.25) is 0 Å². The van der Waals surface area contributed by atoms with Crippen LogP contribution in [0.5, 0.6) is 0 Å². The minimum Gasteiger partial charge on any atom is -0.459 e. The molecule has 0 aliphatic heterocycles. The Balaban J connectivity index is 1.80. The lowest BCUT2D eigenvalue weighted by molar-refractivity contribution is -0.153. The van der Waals surface area contributed by atoms with E-state index in [-0.39, 0.29) is 28.4 Å². The van der Waals surface area contributed by atoms with Crippen molar-refractivity contribution in [3.8, 4) is 0 Å². The first-order chi connectivity index (χ1) is 20.9. The maximum absolute atomic E-state index is 14.3. The summed E-state index contributed by atoms with van der Waals surface area (Å²) in [5.41, 5.74) is 7.32. The molecular weight excluding hydrogens is 592 g/mol. The van der Waals surface area contributed by atoms with E-state index in [1.807, 2.05) is 24.3 Å². The van der Waals surface area contributed by atoms with Crippen LogP contribution < -0.4 is 10.6 Å². The summed E-state index contributed by atoms with van der Waals surface area (Å²) < 4.78 is 39.6. The number of hydrogen-bond donors (Lipinski definition) is 1. The average Bonchev–Trinajstić information content (AvgIpc) is 3.76. The molecule has 242 valence electrons. The van der Waals surface area contributed by atoms with Crippen molar-refractivity contribution in [2.75, 3.05) is 11.4 Å². The third kappa shape index (κ3) is 7.88. The number of benzene rings is 1. The number of anilines is 1. The first kappa shape index (κ1) is 34.1. The Hall–Kier alpha value is -3.83. The standard InChI is InChI=1S/C34H44N4O6S/c1-8-33(19-20-33)25-17-15-24(16-18-25)22-34(35,45(41,42)28-14-9-10-21-36-28)26-12-11-13-27(37-26)38(30(40)44-32(5,6)7)23-29(39)43-31(2,3)4/h9-18,21H,8,19-20,22-23,35H2,1-7H3. The summed E-state index contributed by atoms with van der Waals surface area (Å²) in [5.74, 6) is -0.714. The number of carbonyl (C=O) groups excluding carboxylic acids is 2. The normalized spacial score (nSPS) is 15.9. The van der Waals surface area contributed by atoms with E-state index in [1.165, 1.54) is 30.0 Å². The largest absolute Gasteiger partial charge is 0.459 e. The molecule has 3 aromatic rings. The van der Waals surface area contributed by atoms with Gasteiger partial charge in [-0.3, -0.25) is 9.69 Å². The quantitative estimate of drug-likeness (QED) is 0.272. The first-order valence-corrected chi connectivity index (χ1v) is 16.6. The fourth-order valence-electron chi connectivity index (χ4n) is 5.16. The molecular formula is C34H44N4O6S. The van der Waals surface area contributed by atoms with E-state index in [1.54, 1.807) is 59.7 Å². The number of aromatic nitrogens is 2. The maximum Gasteiger partial charge on any atom is 0.416 e. The van der Waals surface area contributed by atoms with Gasteiger partial charge in [-0.25, -0.2) is 23.2 Å². The highest BCUT2D eigenvalue weighted by Crippen LogP contribution is 2.50. The Bertz CT molecular complexity index is 1630. The van der Waals surface area contributed by atoms with Gasteiger partial charge in [-0.1, -0.05) is 43.3 Å². The van der Waals surface area contributed by atoms with Gasteiger partial charge in [0, 0.05) is 12.6 Å². The Labute approximate surface area is 266 Å². The van der Waals surface area contributed by atoms with Crippen LogP contribution in [0.3, 0.4) is 0 Å². The van der Waals surface area contributed by atoms with Gasteiger partial charge in [0.1, 0.15) is 23.6 Å². The topological polar surface area (TPSA) is 142 Å². The number of rotatable bonds is 10. The number of esters is 1. The second kappa shape index (κ2) is 12.5. The lowest BCUT2D eigenvalue weighted by Gasteiger charge is -2.31. The fraction of sp³-hybridized carbons (Fsp3) is 0.471. The highest BCUT2D eigenvalue weighted by Gasteiger charge is 2.46. The van der Waals surface area contributed by atoms with Crippen molar-refractivity contribution in [2.45, 2.75) is 101 Å². The summed E-state index contributed by atoms with van der Waals surface area (Å²) in [6.45, 7) is 11.9. The third-order valence-corrected chi connectivity index (χ3v) is 9.83. The van der Waals surface area contributed by atoms with E-state index in [9.17, 15) is 18.0 Å². The molecule has 0 spiro atoms. The summed E-state index contributed by atoms with van der Waals surface area (Å²) in [7, 11) is -4.34. The summed E-state index contributed by atoms with van der Waals surface area (Å²) >= 11 is 0. The van der Waals surface area contributed by atoms with Crippen molar-refractivity contribution in [3.05, 3.63) is 83.7 Å². The highest BCUT2D eigenvalue weighted by molar-refractivity contribution is 7.92. The lowest BCUT2D eigenvalue weighted by atomic mass is 9.91. The van der Waals surface area contributed by atoms with E-state index in [2.05, 4.69) is 16.9 Å². The molecule has 1 unspecified atom stereocenters. The van der Waals surface area contributed by atoms with Crippen LogP contribution in [-0.4, -0.2) is 48.2 Å². The first-order valence-electron chi connectivity index (χ1n) is 15.1. The molecule has 4 rings (SSSR count). The van der Waals surface area contributed by atoms with Crippen molar-refractivity contribution in [3.63, 3.8) is 0 Å². The number of amides is 1. The molecule has 0 saturated heterocycles. The van der Waals surface area contributed by atoms with Crippen LogP contribution in [0.15, 0.2) is 71.9 Å². The van der Waals surface area contributed by atoms with Gasteiger partial charge < -0.3 is 15.2 Å². The Morgan fingerprint density at radius 3 is 2.09 bits per heavy atom. The van der Waals surface area contributed by atoms with Crippen molar-refractivity contribution < 1.29 is 27.5 Å². The minimum atomic E-state index is -4.34.